The maximum atomic E-state index is 5.90. The molecule has 2 heteroatoms. The number of rotatable bonds is 5. The van der Waals surface area contributed by atoms with E-state index in [9.17, 15) is 0 Å². The molecule has 2 aliphatic rings. The van der Waals surface area contributed by atoms with Crippen LogP contribution >= 0.6 is 0 Å². The van der Waals surface area contributed by atoms with E-state index in [-0.39, 0.29) is 0 Å². The van der Waals surface area contributed by atoms with E-state index < -0.39 is 0 Å². The van der Waals surface area contributed by atoms with E-state index in [4.69, 9.17) is 4.42 Å². The first-order chi connectivity index (χ1) is 8.78. The van der Waals surface area contributed by atoms with Crippen LogP contribution in [0.25, 0.3) is 0 Å². The maximum Gasteiger partial charge on any atom is 0.121 e. The summed E-state index contributed by atoms with van der Waals surface area (Å²) >= 11 is 0. The fourth-order valence-electron chi connectivity index (χ4n) is 4.09. The van der Waals surface area contributed by atoms with Crippen LogP contribution in [0.1, 0.15) is 56.6 Å². The number of fused-ring (bicyclic) bond motifs is 2. The highest BCUT2D eigenvalue weighted by Gasteiger charge is 2.44. The number of hydrogen-bond acceptors (Lipinski definition) is 2. The summed E-state index contributed by atoms with van der Waals surface area (Å²) in [7, 11) is 0. The third kappa shape index (κ3) is 2.23. The van der Waals surface area contributed by atoms with Crippen LogP contribution in [0.2, 0.25) is 0 Å². The molecule has 3 rings (SSSR count). The smallest absolute Gasteiger partial charge is 0.121 e. The van der Waals surface area contributed by atoms with Crippen molar-refractivity contribution in [2.45, 2.75) is 52.0 Å². The second kappa shape index (κ2) is 5.08. The summed E-state index contributed by atoms with van der Waals surface area (Å²) in [5.74, 6) is 4.95. The Balaban J connectivity index is 1.77. The molecule has 100 valence electrons. The molecule has 2 bridgehead atoms. The van der Waals surface area contributed by atoms with Gasteiger partial charge in [0.05, 0.1) is 6.04 Å². The molecule has 18 heavy (non-hydrogen) atoms. The largest absolute Gasteiger partial charge is 0.465 e. The number of furan rings is 1. The van der Waals surface area contributed by atoms with Gasteiger partial charge in [0.1, 0.15) is 11.5 Å². The predicted octanol–water partition coefficient (Wildman–Crippen LogP) is 4.06. The lowest BCUT2D eigenvalue weighted by Gasteiger charge is -2.30. The minimum atomic E-state index is 0.453. The molecule has 2 saturated carbocycles. The number of nitrogens with one attached hydrogen (secondary N) is 1. The van der Waals surface area contributed by atoms with Crippen molar-refractivity contribution in [1.82, 2.24) is 5.32 Å². The van der Waals surface area contributed by atoms with Crippen molar-refractivity contribution < 1.29 is 4.42 Å². The Hall–Kier alpha value is -0.760. The predicted molar refractivity (Wildman–Crippen MR) is 73.4 cm³/mol. The van der Waals surface area contributed by atoms with Crippen LogP contribution in [-0.2, 0) is 0 Å². The van der Waals surface area contributed by atoms with Crippen LogP contribution in [0.3, 0.4) is 0 Å². The van der Waals surface area contributed by atoms with Crippen molar-refractivity contribution in [3.63, 3.8) is 0 Å². The second-order valence-electron chi connectivity index (χ2n) is 6.22. The van der Waals surface area contributed by atoms with Gasteiger partial charge in [-0.1, -0.05) is 13.3 Å². The van der Waals surface area contributed by atoms with Gasteiger partial charge >= 0.3 is 0 Å². The fraction of sp³-hybridized carbons (Fsp3) is 0.750. The highest BCUT2D eigenvalue weighted by Crippen LogP contribution is 2.52. The maximum absolute atomic E-state index is 5.90. The Morgan fingerprint density at radius 1 is 1.33 bits per heavy atom. The van der Waals surface area contributed by atoms with E-state index >= 15 is 0 Å². The molecule has 1 heterocycles. The molecule has 2 aliphatic carbocycles. The zero-order valence-electron chi connectivity index (χ0n) is 11.6. The lowest BCUT2D eigenvalue weighted by molar-refractivity contribution is 0.224. The SMILES string of the molecule is CCCNC(c1ccc(C)o1)C1CC2CCC1C2. The van der Waals surface area contributed by atoms with Crippen LogP contribution in [0.5, 0.6) is 0 Å². The monoisotopic (exact) mass is 247 g/mol. The average molecular weight is 247 g/mol. The lowest BCUT2D eigenvalue weighted by atomic mass is 9.82. The first kappa shape index (κ1) is 12.3. The molecule has 2 nitrogen and oxygen atoms in total. The van der Waals surface area contributed by atoms with Gasteiger partial charge in [0.2, 0.25) is 0 Å². The van der Waals surface area contributed by atoms with Gasteiger partial charge in [-0.05, 0) is 69.0 Å². The van der Waals surface area contributed by atoms with E-state index in [1.54, 1.807) is 0 Å². The molecule has 0 amide bonds. The van der Waals surface area contributed by atoms with Gasteiger partial charge in [0.15, 0.2) is 0 Å². The minimum Gasteiger partial charge on any atom is -0.465 e. The topological polar surface area (TPSA) is 25.2 Å². The Bertz CT molecular complexity index is 398. The molecule has 0 spiro atoms. The lowest BCUT2D eigenvalue weighted by Crippen LogP contribution is -2.31. The quantitative estimate of drug-likeness (QED) is 0.848. The summed E-state index contributed by atoms with van der Waals surface area (Å²) in [6.45, 7) is 5.37. The molecule has 4 unspecified atom stereocenters. The van der Waals surface area contributed by atoms with E-state index in [2.05, 4.69) is 24.4 Å². The standard InChI is InChI=1S/C16H25NO/c1-3-8-17-16(15-7-4-11(2)18-15)14-10-12-5-6-13(14)9-12/h4,7,12-14,16-17H,3,5-6,8-10H2,1-2H3. The van der Waals surface area contributed by atoms with E-state index in [0.717, 1.165) is 30.1 Å². The Morgan fingerprint density at radius 2 is 2.22 bits per heavy atom. The summed E-state index contributed by atoms with van der Waals surface area (Å²) in [5, 5.41) is 3.73. The van der Waals surface area contributed by atoms with Crippen LogP contribution in [0, 0.1) is 24.7 Å². The first-order valence-corrected chi connectivity index (χ1v) is 7.57. The van der Waals surface area contributed by atoms with Crippen molar-refractivity contribution in [2.24, 2.45) is 17.8 Å². The minimum absolute atomic E-state index is 0.453. The van der Waals surface area contributed by atoms with Gasteiger partial charge in [0.25, 0.3) is 0 Å². The van der Waals surface area contributed by atoms with E-state index in [1.165, 1.54) is 37.9 Å². The van der Waals surface area contributed by atoms with Crippen LogP contribution in [0.4, 0.5) is 0 Å². The summed E-state index contributed by atoms with van der Waals surface area (Å²) in [6.07, 6.45) is 6.98. The first-order valence-electron chi connectivity index (χ1n) is 7.57. The molecule has 0 aromatic carbocycles. The summed E-state index contributed by atoms with van der Waals surface area (Å²) < 4.78 is 5.90. The van der Waals surface area contributed by atoms with Crippen molar-refractivity contribution in [3.8, 4) is 0 Å². The normalized spacial score (nSPS) is 32.0. The fourth-order valence-corrected chi connectivity index (χ4v) is 4.09. The highest BCUT2D eigenvalue weighted by molar-refractivity contribution is 5.13. The number of aryl methyl sites for hydroxylation is 1. The van der Waals surface area contributed by atoms with Crippen molar-refractivity contribution in [3.05, 3.63) is 23.7 Å². The van der Waals surface area contributed by atoms with Gasteiger partial charge in [0, 0.05) is 0 Å². The van der Waals surface area contributed by atoms with Crippen molar-refractivity contribution >= 4 is 0 Å². The molecular formula is C16H25NO. The molecule has 0 radical (unpaired) electrons. The van der Waals surface area contributed by atoms with Crippen LogP contribution in [-0.4, -0.2) is 6.54 Å². The highest BCUT2D eigenvalue weighted by atomic mass is 16.3. The zero-order chi connectivity index (χ0) is 12.5. The van der Waals surface area contributed by atoms with Crippen molar-refractivity contribution in [2.75, 3.05) is 6.54 Å². The average Bonchev–Trinajstić information content (AvgIpc) is 3.06. The van der Waals surface area contributed by atoms with Crippen LogP contribution < -0.4 is 5.32 Å². The Kier molecular flexibility index (Phi) is 3.47. The zero-order valence-corrected chi connectivity index (χ0v) is 11.6. The third-order valence-electron chi connectivity index (χ3n) is 4.90. The molecule has 1 aromatic rings. The molecule has 0 saturated heterocycles. The van der Waals surface area contributed by atoms with Gasteiger partial charge in [-0.25, -0.2) is 0 Å². The second-order valence-corrected chi connectivity index (χ2v) is 6.22. The van der Waals surface area contributed by atoms with E-state index in [0.29, 0.717) is 6.04 Å². The third-order valence-corrected chi connectivity index (χ3v) is 4.90. The summed E-state index contributed by atoms with van der Waals surface area (Å²) in [4.78, 5) is 0. The van der Waals surface area contributed by atoms with Crippen molar-refractivity contribution in [1.29, 1.82) is 0 Å². The van der Waals surface area contributed by atoms with Gasteiger partial charge < -0.3 is 9.73 Å². The van der Waals surface area contributed by atoms with Gasteiger partial charge in [-0.2, -0.15) is 0 Å². The Labute approximate surface area is 110 Å². The number of hydrogen-bond donors (Lipinski definition) is 1. The Morgan fingerprint density at radius 3 is 2.78 bits per heavy atom. The summed E-state index contributed by atoms with van der Waals surface area (Å²) in [6, 6.07) is 4.73. The van der Waals surface area contributed by atoms with Crippen LogP contribution in [0.15, 0.2) is 16.5 Å². The molecule has 1 N–H and O–H groups in total. The van der Waals surface area contributed by atoms with Gasteiger partial charge in [-0.15, -0.1) is 0 Å². The molecule has 0 aliphatic heterocycles. The van der Waals surface area contributed by atoms with Gasteiger partial charge in [-0.3, -0.25) is 0 Å². The molecule has 4 atom stereocenters. The molecule has 2 fully saturated rings. The van der Waals surface area contributed by atoms with E-state index in [1.807, 2.05) is 6.92 Å². The molecule has 1 aromatic heterocycles. The summed E-state index contributed by atoms with van der Waals surface area (Å²) in [5.41, 5.74) is 0. The molecular weight excluding hydrogens is 222 g/mol.